The maximum Gasteiger partial charge on any atom is 0.220 e. The zero-order valence-corrected chi connectivity index (χ0v) is 7.72. The Hall–Kier alpha value is -2.17. The van der Waals surface area contributed by atoms with Crippen LogP contribution >= 0.6 is 0 Å². The van der Waals surface area contributed by atoms with Gasteiger partial charge in [-0.15, -0.1) is 0 Å². The SMILES string of the molecule is Nc1ncc(Oc2cccc(F)c2)cn1. The number of halogens is 1. The lowest BCUT2D eigenvalue weighted by atomic mass is 10.3. The first-order valence-corrected chi connectivity index (χ1v) is 4.25. The molecular weight excluding hydrogens is 197 g/mol. The van der Waals surface area contributed by atoms with Crippen LogP contribution in [0.5, 0.6) is 11.5 Å². The highest BCUT2D eigenvalue weighted by atomic mass is 19.1. The van der Waals surface area contributed by atoms with Gasteiger partial charge in [0, 0.05) is 6.07 Å². The van der Waals surface area contributed by atoms with Gasteiger partial charge in [0.15, 0.2) is 5.75 Å². The van der Waals surface area contributed by atoms with Crippen molar-refractivity contribution in [2.75, 3.05) is 5.73 Å². The van der Waals surface area contributed by atoms with Crippen LogP contribution in [0, 0.1) is 5.82 Å². The van der Waals surface area contributed by atoms with Crippen LogP contribution in [0.3, 0.4) is 0 Å². The van der Waals surface area contributed by atoms with E-state index < -0.39 is 0 Å². The summed E-state index contributed by atoms with van der Waals surface area (Å²) in [7, 11) is 0. The summed E-state index contributed by atoms with van der Waals surface area (Å²) in [6.45, 7) is 0. The average molecular weight is 205 g/mol. The molecule has 4 nitrogen and oxygen atoms in total. The highest BCUT2D eigenvalue weighted by molar-refractivity contribution is 5.29. The molecular formula is C10H8FN3O. The second-order valence-corrected chi connectivity index (χ2v) is 2.84. The third kappa shape index (κ3) is 2.40. The van der Waals surface area contributed by atoms with Crippen molar-refractivity contribution in [3.63, 3.8) is 0 Å². The van der Waals surface area contributed by atoms with Crippen LogP contribution in [0.4, 0.5) is 10.3 Å². The van der Waals surface area contributed by atoms with Gasteiger partial charge in [-0.2, -0.15) is 0 Å². The zero-order chi connectivity index (χ0) is 10.7. The number of ether oxygens (including phenoxy) is 1. The Kier molecular flexibility index (Phi) is 2.45. The number of anilines is 1. The van der Waals surface area contributed by atoms with Crippen molar-refractivity contribution in [2.45, 2.75) is 0 Å². The summed E-state index contributed by atoms with van der Waals surface area (Å²) < 4.78 is 18.1. The van der Waals surface area contributed by atoms with E-state index in [1.165, 1.54) is 24.5 Å². The molecule has 2 rings (SSSR count). The Bertz CT molecular complexity index is 458. The highest BCUT2D eigenvalue weighted by Crippen LogP contribution is 2.20. The van der Waals surface area contributed by atoms with Crippen molar-refractivity contribution < 1.29 is 9.13 Å². The van der Waals surface area contributed by atoms with Crippen molar-refractivity contribution in [3.8, 4) is 11.5 Å². The minimum absolute atomic E-state index is 0.168. The van der Waals surface area contributed by atoms with Gasteiger partial charge in [-0.3, -0.25) is 0 Å². The Morgan fingerprint density at radius 3 is 2.53 bits per heavy atom. The van der Waals surface area contributed by atoms with E-state index in [0.717, 1.165) is 0 Å². The lowest BCUT2D eigenvalue weighted by Gasteiger charge is -2.04. The van der Waals surface area contributed by atoms with E-state index in [-0.39, 0.29) is 11.8 Å². The molecule has 0 amide bonds. The molecule has 0 aliphatic heterocycles. The molecule has 15 heavy (non-hydrogen) atoms. The second kappa shape index (κ2) is 3.91. The molecule has 0 aliphatic carbocycles. The molecule has 1 aromatic carbocycles. The number of nitrogens with two attached hydrogens (primary N) is 1. The maximum absolute atomic E-state index is 12.8. The van der Waals surface area contributed by atoms with Crippen LogP contribution in [0.2, 0.25) is 0 Å². The van der Waals surface area contributed by atoms with E-state index in [4.69, 9.17) is 10.5 Å². The molecule has 1 aromatic heterocycles. The number of hydrogen-bond donors (Lipinski definition) is 1. The molecule has 0 aliphatic rings. The molecule has 0 saturated heterocycles. The predicted octanol–water partition coefficient (Wildman–Crippen LogP) is 1.99. The molecule has 0 saturated carbocycles. The van der Waals surface area contributed by atoms with E-state index in [0.29, 0.717) is 11.5 Å². The lowest BCUT2D eigenvalue weighted by Crippen LogP contribution is -1.94. The Morgan fingerprint density at radius 1 is 1.13 bits per heavy atom. The molecule has 0 unspecified atom stereocenters. The zero-order valence-electron chi connectivity index (χ0n) is 7.72. The summed E-state index contributed by atoms with van der Waals surface area (Å²) in [5.41, 5.74) is 5.31. The number of benzene rings is 1. The molecule has 0 radical (unpaired) electrons. The van der Waals surface area contributed by atoms with Crippen LogP contribution in [0.25, 0.3) is 0 Å². The van der Waals surface area contributed by atoms with Crippen molar-refractivity contribution in [2.24, 2.45) is 0 Å². The van der Waals surface area contributed by atoms with Gasteiger partial charge >= 0.3 is 0 Å². The minimum Gasteiger partial charge on any atom is -0.454 e. The molecule has 2 aromatic rings. The van der Waals surface area contributed by atoms with Gasteiger partial charge in [0.2, 0.25) is 5.95 Å². The van der Waals surface area contributed by atoms with E-state index >= 15 is 0 Å². The Morgan fingerprint density at radius 2 is 1.87 bits per heavy atom. The summed E-state index contributed by atoms with van der Waals surface area (Å²) >= 11 is 0. The fourth-order valence-corrected chi connectivity index (χ4v) is 1.05. The lowest BCUT2D eigenvalue weighted by molar-refractivity contribution is 0.472. The van der Waals surface area contributed by atoms with Crippen LogP contribution in [0.1, 0.15) is 0 Å². The van der Waals surface area contributed by atoms with E-state index in [9.17, 15) is 4.39 Å². The number of nitrogen functional groups attached to an aromatic ring is 1. The summed E-state index contributed by atoms with van der Waals surface area (Å²) in [4.78, 5) is 7.49. The van der Waals surface area contributed by atoms with Crippen LogP contribution in [0.15, 0.2) is 36.7 Å². The molecule has 0 fully saturated rings. The Labute approximate surface area is 85.5 Å². The van der Waals surface area contributed by atoms with E-state index in [2.05, 4.69) is 9.97 Å². The topological polar surface area (TPSA) is 61.0 Å². The second-order valence-electron chi connectivity index (χ2n) is 2.84. The van der Waals surface area contributed by atoms with Gasteiger partial charge in [0.25, 0.3) is 0 Å². The summed E-state index contributed by atoms with van der Waals surface area (Å²) in [6, 6.07) is 5.81. The number of rotatable bonds is 2. The van der Waals surface area contributed by atoms with Crippen LogP contribution in [-0.2, 0) is 0 Å². The summed E-state index contributed by atoms with van der Waals surface area (Å²) in [5.74, 6) is 0.614. The molecule has 5 heteroatoms. The quantitative estimate of drug-likeness (QED) is 0.814. The molecule has 76 valence electrons. The molecule has 0 bridgehead atoms. The highest BCUT2D eigenvalue weighted by Gasteiger charge is 1.99. The van der Waals surface area contributed by atoms with Gasteiger partial charge in [0.05, 0.1) is 12.4 Å². The van der Waals surface area contributed by atoms with Crippen molar-refractivity contribution in [1.29, 1.82) is 0 Å². The average Bonchev–Trinajstić information content (AvgIpc) is 2.22. The smallest absolute Gasteiger partial charge is 0.220 e. The first-order chi connectivity index (χ1) is 7.24. The first kappa shape index (κ1) is 9.39. The van der Waals surface area contributed by atoms with Gasteiger partial charge in [0.1, 0.15) is 11.6 Å². The van der Waals surface area contributed by atoms with Gasteiger partial charge in [-0.05, 0) is 12.1 Å². The van der Waals surface area contributed by atoms with Gasteiger partial charge in [-0.25, -0.2) is 14.4 Å². The van der Waals surface area contributed by atoms with Crippen molar-refractivity contribution in [1.82, 2.24) is 9.97 Å². The van der Waals surface area contributed by atoms with Gasteiger partial charge in [-0.1, -0.05) is 6.07 Å². The monoisotopic (exact) mass is 205 g/mol. The first-order valence-electron chi connectivity index (χ1n) is 4.25. The number of aromatic nitrogens is 2. The standard InChI is InChI=1S/C10H8FN3O/c11-7-2-1-3-8(4-7)15-9-5-13-10(12)14-6-9/h1-6H,(H2,12,13,14). The fourth-order valence-electron chi connectivity index (χ4n) is 1.05. The van der Waals surface area contributed by atoms with Gasteiger partial charge < -0.3 is 10.5 Å². The number of hydrogen-bond acceptors (Lipinski definition) is 4. The largest absolute Gasteiger partial charge is 0.454 e. The van der Waals surface area contributed by atoms with Crippen LogP contribution < -0.4 is 10.5 Å². The Balaban J connectivity index is 2.18. The van der Waals surface area contributed by atoms with Crippen LogP contribution in [-0.4, -0.2) is 9.97 Å². The molecule has 0 atom stereocenters. The molecule has 1 heterocycles. The molecule has 0 spiro atoms. The summed E-state index contributed by atoms with van der Waals surface area (Å²) in [5, 5.41) is 0. The van der Waals surface area contributed by atoms with Crippen molar-refractivity contribution in [3.05, 3.63) is 42.5 Å². The predicted molar refractivity (Wildman–Crippen MR) is 52.9 cm³/mol. The fraction of sp³-hybridized carbons (Fsp3) is 0. The van der Waals surface area contributed by atoms with Crippen molar-refractivity contribution >= 4 is 5.95 Å². The van der Waals surface area contributed by atoms with E-state index in [1.54, 1.807) is 12.1 Å². The molecule has 2 N–H and O–H groups in total. The normalized spacial score (nSPS) is 9.93. The maximum atomic E-state index is 12.8. The third-order valence-corrected chi connectivity index (χ3v) is 1.68. The minimum atomic E-state index is -0.358. The van der Waals surface area contributed by atoms with E-state index in [1.807, 2.05) is 0 Å². The third-order valence-electron chi connectivity index (χ3n) is 1.68. The summed E-state index contributed by atoms with van der Waals surface area (Å²) in [6.07, 6.45) is 2.85. The number of nitrogens with zero attached hydrogens (tertiary/aromatic N) is 2.